The Morgan fingerprint density at radius 2 is 1.38 bits per heavy atom. The predicted octanol–water partition coefficient (Wildman–Crippen LogP) is 5.65. The first-order valence-electron chi connectivity index (χ1n) is 8.52. The number of alkyl halides is 1. The van der Waals surface area contributed by atoms with E-state index in [1.165, 1.54) is 17.5 Å². The number of halogens is 1. The Kier molecular flexibility index (Phi) is 4.82. The van der Waals surface area contributed by atoms with Gasteiger partial charge < -0.3 is 10.2 Å². The summed E-state index contributed by atoms with van der Waals surface area (Å²) in [4.78, 5) is 0. The highest BCUT2D eigenvalue weighted by Gasteiger charge is 2.46. The second kappa shape index (κ2) is 6.58. The van der Waals surface area contributed by atoms with Crippen LogP contribution in [0.4, 0.5) is 0 Å². The van der Waals surface area contributed by atoms with Crippen LogP contribution in [0.1, 0.15) is 44.2 Å². The van der Waals surface area contributed by atoms with Crippen molar-refractivity contribution in [1.29, 1.82) is 0 Å². The van der Waals surface area contributed by atoms with Crippen LogP contribution in [-0.4, -0.2) is 14.6 Å². The lowest BCUT2D eigenvalue weighted by Gasteiger charge is -2.49. The molecular weight excluding hydrogens is 411 g/mol. The number of aromatic hydroxyl groups is 2. The molecule has 2 aromatic carbocycles. The molecule has 2 aromatic rings. The lowest BCUT2D eigenvalue weighted by Crippen LogP contribution is -2.43. The molecule has 0 radical (unpaired) electrons. The summed E-state index contributed by atoms with van der Waals surface area (Å²) in [5.41, 5.74) is 2.73. The second-order valence-corrected chi connectivity index (χ2v) is 8.57. The van der Waals surface area contributed by atoms with E-state index in [4.69, 9.17) is 0 Å². The fourth-order valence-electron chi connectivity index (χ4n) is 4.65. The van der Waals surface area contributed by atoms with Crippen molar-refractivity contribution in [3.8, 4) is 11.5 Å². The van der Waals surface area contributed by atoms with E-state index < -0.39 is 0 Å². The average molecular weight is 436 g/mol. The minimum Gasteiger partial charge on any atom is -0.508 e. The van der Waals surface area contributed by atoms with Gasteiger partial charge in [-0.1, -0.05) is 60.7 Å². The molecule has 0 amide bonds. The monoisotopic (exact) mass is 436 g/mol. The van der Waals surface area contributed by atoms with E-state index in [-0.39, 0.29) is 10.8 Å². The van der Waals surface area contributed by atoms with E-state index in [1.54, 1.807) is 24.3 Å². The number of rotatable bonds is 3. The highest BCUT2D eigenvalue weighted by molar-refractivity contribution is 14.1. The molecule has 1 fully saturated rings. The highest BCUT2D eigenvalue weighted by atomic mass is 127. The Balaban J connectivity index is 2.16. The van der Waals surface area contributed by atoms with Gasteiger partial charge in [0.05, 0.1) is 0 Å². The van der Waals surface area contributed by atoms with Gasteiger partial charge in [0, 0.05) is 9.84 Å². The molecule has 1 aliphatic rings. The largest absolute Gasteiger partial charge is 0.508 e. The molecule has 3 rings (SSSR count). The molecule has 3 heteroatoms. The van der Waals surface area contributed by atoms with Crippen LogP contribution in [-0.2, 0) is 5.41 Å². The molecule has 2 atom stereocenters. The summed E-state index contributed by atoms with van der Waals surface area (Å²) < 4.78 is 1.13. The van der Waals surface area contributed by atoms with Crippen molar-refractivity contribution in [2.45, 2.75) is 38.5 Å². The minimum absolute atomic E-state index is 0.0704. The van der Waals surface area contributed by atoms with Gasteiger partial charge in [0.1, 0.15) is 11.5 Å². The molecule has 1 saturated carbocycles. The van der Waals surface area contributed by atoms with Crippen LogP contribution in [0.2, 0.25) is 0 Å². The second-order valence-electron chi connectivity index (χ2n) is 7.81. The normalized spacial score (nSPS) is 26.2. The van der Waals surface area contributed by atoms with E-state index in [2.05, 4.69) is 60.7 Å². The van der Waals surface area contributed by atoms with Gasteiger partial charge >= 0.3 is 0 Å². The lowest BCUT2D eigenvalue weighted by atomic mass is 9.55. The summed E-state index contributed by atoms with van der Waals surface area (Å²) in [6.07, 6.45) is 3.42. The van der Waals surface area contributed by atoms with Gasteiger partial charge in [-0.15, -0.1) is 0 Å². The predicted molar refractivity (Wildman–Crippen MR) is 107 cm³/mol. The maximum Gasteiger partial charge on any atom is 0.115 e. The van der Waals surface area contributed by atoms with E-state index in [9.17, 15) is 10.2 Å². The van der Waals surface area contributed by atoms with Crippen LogP contribution in [0.25, 0.3) is 0 Å². The van der Waals surface area contributed by atoms with Crippen molar-refractivity contribution in [3.63, 3.8) is 0 Å². The Morgan fingerprint density at radius 1 is 0.917 bits per heavy atom. The van der Waals surface area contributed by atoms with E-state index in [1.807, 2.05) is 0 Å². The zero-order valence-electron chi connectivity index (χ0n) is 14.3. The fraction of sp³-hybridized carbons (Fsp3) is 0.429. The number of hydrogen-bond acceptors (Lipinski definition) is 2. The first-order chi connectivity index (χ1) is 11.4. The third-order valence-corrected chi connectivity index (χ3v) is 7.27. The molecule has 24 heavy (non-hydrogen) atoms. The van der Waals surface area contributed by atoms with Gasteiger partial charge in [0.15, 0.2) is 0 Å². The molecule has 2 nitrogen and oxygen atoms in total. The van der Waals surface area contributed by atoms with Crippen LogP contribution < -0.4 is 0 Å². The Bertz CT molecular complexity index is 647. The van der Waals surface area contributed by atoms with Gasteiger partial charge in [-0.25, -0.2) is 0 Å². The van der Waals surface area contributed by atoms with Crippen molar-refractivity contribution < 1.29 is 10.2 Å². The van der Waals surface area contributed by atoms with Gasteiger partial charge in [-0.3, -0.25) is 0 Å². The quantitative estimate of drug-likeness (QED) is 0.483. The molecule has 128 valence electrons. The number of phenols is 2. The van der Waals surface area contributed by atoms with Crippen LogP contribution in [0, 0.1) is 11.3 Å². The van der Waals surface area contributed by atoms with Gasteiger partial charge in [0.25, 0.3) is 0 Å². The Morgan fingerprint density at radius 3 is 1.79 bits per heavy atom. The molecule has 0 aliphatic heterocycles. The van der Waals surface area contributed by atoms with Crippen molar-refractivity contribution in [1.82, 2.24) is 0 Å². The molecule has 0 aromatic heterocycles. The maximum absolute atomic E-state index is 9.71. The summed E-state index contributed by atoms with van der Waals surface area (Å²) >= 11 is 2.52. The van der Waals surface area contributed by atoms with Gasteiger partial charge in [-0.2, -0.15) is 0 Å². The van der Waals surface area contributed by atoms with Crippen LogP contribution in [0.3, 0.4) is 0 Å². The summed E-state index contributed by atoms with van der Waals surface area (Å²) in [5.74, 6) is 1.24. The Hall–Kier alpha value is -1.23. The van der Waals surface area contributed by atoms with Crippen molar-refractivity contribution in [2.24, 2.45) is 11.3 Å². The van der Waals surface area contributed by atoms with Crippen molar-refractivity contribution >= 4 is 22.6 Å². The van der Waals surface area contributed by atoms with Crippen LogP contribution in [0.5, 0.6) is 11.5 Å². The molecule has 0 heterocycles. The highest BCUT2D eigenvalue weighted by Crippen LogP contribution is 2.54. The topological polar surface area (TPSA) is 40.5 Å². The smallest absolute Gasteiger partial charge is 0.115 e. The van der Waals surface area contributed by atoms with Crippen LogP contribution >= 0.6 is 22.6 Å². The zero-order valence-corrected chi connectivity index (χ0v) is 16.5. The third-order valence-electron chi connectivity index (χ3n) is 5.43. The fourth-order valence-corrected chi connectivity index (χ4v) is 5.23. The SMILES string of the molecule is CC1CC(C)(CI)CC(c2ccc(O)cc2)(c2ccc(O)cc2)C1. The third kappa shape index (κ3) is 3.28. The summed E-state index contributed by atoms with van der Waals surface area (Å²) in [5, 5.41) is 19.4. The molecule has 1 aliphatic carbocycles. The molecule has 2 unspecified atom stereocenters. The van der Waals surface area contributed by atoms with Gasteiger partial charge in [0.2, 0.25) is 0 Å². The summed E-state index contributed by atoms with van der Waals surface area (Å²) in [6.45, 7) is 4.74. The summed E-state index contributed by atoms with van der Waals surface area (Å²) in [7, 11) is 0. The zero-order chi connectivity index (χ0) is 17.4. The van der Waals surface area contributed by atoms with E-state index in [0.29, 0.717) is 17.4 Å². The van der Waals surface area contributed by atoms with Gasteiger partial charge in [-0.05, 0) is 66.0 Å². The molecule has 2 N–H and O–H groups in total. The van der Waals surface area contributed by atoms with E-state index >= 15 is 0 Å². The molecular formula is C21H25IO2. The first kappa shape index (κ1) is 17.6. The minimum atomic E-state index is -0.0704. The number of benzene rings is 2. The first-order valence-corrected chi connectivity index (χ1v) is 10.0. The number of hydrogen-bond donors (Lipinski definition) is 2. The molecule has 0 saturated heterocycles. The summed E-state index contributed by atoms with van der Waals surface area (Å²) in [6, 6.07) is 15.4. The molecule has 0 bridgehead atoms. The van der Waals surface area contributed by atoms with E-state index in [0.717, 1.165) is 17.3 Å². The molecule has 0 spiro atoms. The van der Waals surface area contributed by atoms with Crippen molar-refractivity contribution in [2.75, 3.05) is 4.43 Å². The lowest BCUT2D eigenvalue weighted by molar-refractivity contribution is 0.133. The standard InChI is InChI=1S/C21H25IO2/c1-15-11-20(2,14-22)13-21(12-15,16-3-7-18(23)8-4-16)17-5-9-19(24)10-6-17/h3-10,15,23-24H,11-14H2,1-2H3. The van der Waals surface area contributed by atoms with Crippen LogP contribution in [0.15, 0.2) is 48.5 Å². The maximum atomic E-state index is 9.71. The van der Waals surface area contributed by atoms with Crippen molar-refractivity contribution in [3.05, 3.63) is 59.7 Å². The average Bonchev–Trinajstić information content (AvgIpc) is 2.55. The Labute approximate surface area is 158 Å². The number of phenolic OH excluding ortho intramolecular Hbond substituents is 2.